The van der Waals surface area contributed by atoms with Gasteiger partial charge in [-0.2, -0.15) is 5.10 Å². The van der Waals surface area contributed by atoms with E-state index in [1.807, 2.05) is 0 Å². The molecule has 0 heterocycles. The lowest BCUT2D eigenvalue weighted by Gasteiger charge is -2.10. The third-order valence-electron chi connectivity index (χ3n) is 4.19. The topological polar surface area (TPSA) is 123 Å². The second-order valence-corrected chi connectivity index (χ2v) is 6.94. The summed E-state index contributed by atoms with van der Waals surface area (Å²) in [5, 5.41) is 17.3. The Labute approximate surface area is 192 Å². The van der Waals surface area contributed by atoms with Crippen LogP contribution in [0.3, 0.4) is 0 Å². The van der Waals surface area contributed by atoms with E-state index in [-0.39, 0.29) is 22.7 Å². The van der Waals surface area contributed by atoms with Crippen LogP contribution in [-0.4, -0.2) is 29.6 Å². The SMILES string of the molecule is O=C(COc1ccc(Cl)cc1C=NNC(=O)c1ccc([N+](=O)[O-])cc1)Nc1ccccc1F. The molecule has 0 aromatic heterocycles. The smallest absolute Gasteiger partial charge is 0.271 e. The van der Waals surface area contributed by atoms with Gasteiger partial charge in [-0.05, 0) is 42.5 Å². The Morgan fingerprint density at radius 2 is 1.85 bits per heavy atom. The summed E-state index contributed by atoms with van der Waals surface area (Å²) in [6, 6.07) is 15.3. The number of non-ortho nitro benzene ring substituents is 1. The number of nitrogens with zero attached hydrogens (tertiary/aromatic N) is 2. The van der Waals surface area contributed by atoms with Gasteiger partial charge in [-0.3, -0.25) is 19.7 Å². The number of nitrogens with one attached hydrogen (secondary N) is 2. The van der Waals surface area contributed by atoms with E-state index in [0.29, 0.717) is 10.6 Å². The van der Waals surface area contributed by atoms with Crippen molar-refractivity contribution >= 4 is 41.0 Å². The highest BCUT2D eigenvalue weighted by atomic mass is 35.5. The molecule has 0 fully saturated rings. The summed E-state index contributed by atoms with van der Waals surface area (Å²) in [6.07, 6.45) is 1.26. The maximum Gasteiger partial charge on any atom is 0.271 e. The number of hydrazone groups is 1. The van der Waals surface area contributed by atoms with Crippen molar-refractivity contribution in [3.05, 3.63) is 98.8 Å². The van der Waals surface area contributed by atoms with Gasteiger partial charge >= 0.3 is 0 Å². The van der Waals surface area contributed by atoms with Crippen molar-refractivity contribution < 1.29 is 23.6 Å². The normalized spacial score (nSPS) is 10.6. The molecule has 0 radical (unpaired) electrons. The maximum atomic E-state index is 13.7. The number of anilines is 1. The van der Waals surface area contributed by atoms with Gasteiger partial charge in [0.1, 0.15) is 11.6 Å². The van der Waals surface area contributed by atoms with E-state index in [1.54, 1.807) is 12.1 Å². The molecule has 33 heavy (non-hydrogen) atoms. The highest BCUT2D eigenvalue weighted by Crippen LogP contribution is 2.22. The molecule has 0 unspecified atom stereocenters. The fourth-order valence-corrected chi connectivity index (χ4v) is 2.78. The zero-order valence-corrected chi connectivity index (χ0v) is 17.6. The molecule has 168 valence electrons. The number of nitro benzene ring substituents is 1. The molecule has 0 saturated carbocycles. The Morgan fingerprint density at radius 3 is 2.55 bits per heavy atom. The molecule has 3 rings (SSSR count). The predicted octanol–water partition coefficient (Wildman–Crippen LogP) is 4.17. The molecule has 0 aliphatic carbocycles. The molecule has 0 spiro atoms. The van der Waals surface area contributed by atoms with Crippen LogP contribution in [0.2, 0.25) is 5.02 Å². The van der Waals surface area contributed by atoms with Crippen molar-refractivity contribution in [1.29, 1.82) is 0 Å². The molecular weight excluding hydrogens is 455 g/mol. The lowest BCUT2D eigenvalue weighted by atomic mass is 10.2. The largest absolute Gasteiger partial charge is 0.483 e. The van der Waals surface area contributed by atoms with Crippen LogP contribution in [-0.2, 0) is 4.79 Å². The molecule has 0 aliphatic heterocycles. The minimum Gasteiger partial charge on any atom is -0.483 e. The van der Waals surface area contributed by atoms with E-state index in [4.69, 9.17) is 16.3 Å². The van der Waals surface area contributed by atoms with Gasteiger partial charge in [-0.15, -0.1) is 0 Å². The molecule has 0 aliphatic rings. The van der Waals surface area contributed by atoms with Crippen LogP contribution in [0.5, 0.6) is 5.75 Å². The lowest BCUT2D eigenvalue weighted by molar-refractivity contribution is -0.384. The molecule has 0 bridgehead atoms. The summed E-state index contributed by atoms with van der Waals surface area (Å²) in [4.78, 5) is 34.3. The first-order chi connectivity index (χ1) is 15.8. The van der Waals surface area contributed by atoms with Crippen LogP contribution < -0.4 is 15.5 Å². The van der Waals surface area contributed by atoms with Gasteiger partial charge in [-0.1, -0.05) is 23.7 Å². The van der Waals surface area contributed by atoms with Crippen molar-refractivity contribution in [3.8, 4) is 5.75 Å². The molecule has 0 saturated heterocycles. The molecule has 9 nitrogen and oxygen atoms in total. The summed E-state index contributed by atoms with van der Waals surface area (Å²) in [5.74, 6) is -1.50. The second-order valence-electron chi connectivity index (χ2n) is 6.50. The minimum absolute atomic E-state index is 0.0259. The van der Waals surface area contributed by atoms with E-state index in [2.05, 4.69) is 15.8 Å². The Bertz CT molecular complexity index is 1220. The number of halogens is 2. The van der Waals surface area contributed by atoms with E-state index >= 15 is 0 Å². The van der Waals surface area contributed by atoms with E-state index in [0.717, 1.165) is 0 Å². The molecule has 2 amide bonds. The van der Waals surface area contributed by atoms with E-state index in [9.17, 15) is 24.1 Å². The quantitative estimate of drug-likeness (QED) is 0.290. The Balaban J connectivity index is 1.62. The number of rotatable bonds is 8. The fraction of sp³-hybridized carbons (Fsp3) is 0.0455. The van der Waals surface area contributed by atoms with Gasteiger partial charge < -0.3 is 10.1 Å². The number of hydrogen-bond donors (Lipinski definition) is 2. The lowest BCUT2D eigenvalue weighted by Crippen LogP contribution is -2.21. The van der Waals surface area contributed by atoms with Crippen molar-refractivity contribution in [3.63, 3.8) is 0 Å². The standard InChI is InChI=1S/C22H16ClFN4O5/c23-16-7-10-20(33-13-21(29)26-19-4-2-1-3-18(19)24)15(11-16)12-25-27-22(30)14-5-8-17(9-6-14)28(31)32/h1-12H,13H2,(H,26,29)(H,27,30). The van der Waals surface area contributed by atoms with Gasteiger partial charge in [0, 0.05) is 28.3 Å². The molecule has 11 heteroatoms. The summed E-state index contributed by atoms with van der Waals surface area (Å²) >= 11 is 6.00. The number of nitro groups is 1. The number of hydrogen-bond acceptors (Lipinski definition) is 6. The third-order valence-corrected chi connectivity index (χ3v) is 4.42. The predicted molar refractivity (Wildman–Crippen MR) is 120 cm³/mol. The average Bonchev–Trinajstić information content (AvgIpc) is 2.80. The summed E-state index contributed by atoms with van der Waals surface area (Å²) in [5.41, 5.74) is 2.71. The van der Waals surface area contributed by atoms with Crippen molar-refractivity contribution in [2.75, 3.05) is 11.9 Å². The number of benzene rings is 3. The number of amides is 2. The molecule has 3 aromatic rings. The first-order valence-corrected chi connectivity index (χ1v) is 9.76. The first kappa shape index (κ1) is 23.4. The van der Waals surface area contributed by atoms with Gasteiger partial charge in [0.2, 0.25) is 0 Å². The van der Waals surface area contributed by atoms with Crippen LogP contribution in [0.1, 0.15) is 15.9 Å². The highest BCUT2D eigenvalue weighted by molar-refractivity contribution is 6.30. The molecule has 3 aromatic carbocycles. The number of carbonyl (C=O) groups excluding carboxylic acids is 2. The first-order valence-electron chi connectivity index (χ1n) is 9.38. The van der Waals surface area contributed by atoms with Crippen molar-refractivity contribution in [2.45, 2.75) is 0 Å². The van der Waals surface area contributed by atoms with Gasteiger partial charge in [0.05, 0.1) is 16.8 Å². The Morgan fingerprint density at radius 1 is 1.12 bits per heavy atom. The third kappa shape index (κ3) is 6.58. The summed E-state index contributed by atoms with van der Waals surface area (Å²) in [6.45, 7) is -0.411. The zero-order chi connectivity index (χ0) is 23.8. The van der Waals surface area contributed by atoms with Crippen molar-refractivity contribution in [1.82, 2.24) is 5.43 Å². The number of carbonyl (C=O) groups is 2. The van der Waals surface area contributed by atoms with Crippen LogP contribution in [0.15, 0.2) is 71.8 Å². The maximum absolute atomic E-state index is 13.7. The van der Waals surface area contributed by atoms with Crippen LogP contribution in [0.25, 0.3) is 0 Å². The fourth-order valence-electron chi connectivity index (χ4n) is 2.60. The molecule has 2 N–H and O–H groups in total. The number of para-hydroxylation sites is 1. The van der Waals surface area contributed by atoms with Crippen LogP contribution >= 0.6 is 11.6 Å². The number of ether oxygens (including phenoxy) is 1. The Hall–Kier alpha value is -4.31. The second kappa shape index (κ2) is 10.8. The zero-order valence-electron chi connectivity index (χ0n) is 16.8. The van der Waals surface area contributed by atoms with Gasteiger partial charge in [-0.25, -0.2) is 9.82 Å². The van der Waals surface area contributed by atoms with E-state index < -0.39 is 29.2 Å². The monoisotopic (exact) mass is 470 g/mol. The van der Waals surface area contributed by atoms with Crippen LogP contribution in [0, 0.1) is 15.9 Å². The molecular formula is C22H16ClFN4O5. The van der Waals surface area contributed by atoms with Crippen LogP contribution in [0.4, 0.5) is 15.8 Å². The summed E-state index contributed by atoms with van der Waals surface area (Å²) < 4.78 is 19.1. The molecule has 0 atom stereocenters. The van der Waals surface area contributed by atoms with Crippen molar-refractivity contribution in [2.24, 2.45) is 5.10 Å². The van der Waals surface area contributed by atoms with Gasteiger partial charge in [0.25, 0.3) is 17.5 Å². The summed E-state index contributed by atoms with van der Waals surface area (Å²) in [7, 11) is 0. The minimum atomic E-state index is -0.588. The van der Waals surface area contributed by atoms with E-state index in [1.165, 1.54) is 60.8 Å². The highest BCUT2D eigenvalue weighted by Gasteiger charge is 2.11. The average molecular weight is 471 g/mol. The van der Waals surface area contributed by atoms with Gasteiger partial charge in [0.15, 0.2) is 6.61 Å². The Kier molecular flexibility index (Phi) is 7.66.